The highest BCUT2D eigenvalue weighted by atomic mass is 16.6. The molecule has 240 valence electrons. The second kappa shape index (κ2) is 16.3. The van der Waals surface area contributed by atoms with Crippen molar-refractivity contribution in [3.63, 3.8) is 0 Å². The smallest absolute Gasteiger partial charge is 0.359 e. The molecule has 6 atom stereocenters. The van der Waals surface area contributed by atoms with E-state index < -0.39 is 72.8 Å². The molecule has 1 aliphatic heterocycles. The van der Waals surface area contributed by atoms with Gasteiger partial charge in [0.05, 0.1) is 25.4 Å². The summed E-state index contributed by atoms with van der Waals surface area (Å²) in [4.78, 5) is 50.4. The van der Waals surface area contributed by atoms with Crippen molar-refractivity contribution in [3.05, 3.63) is 60.2 Å². The fourth-order valence-corrected chi connectivity index (χ4v) is 5.10. The van der Waals surface area contributed by atoms with Crippen LogP contribution in [0.15, 0.2) is 54.6 Å². The van der Waals surface area contributed by atoms with Gasteiger partial charge in [-0.25, -0.2) is 4.79 Å². The molecule has 0 saturated carbocycles. The molecule has 3 amide bonds. The lowest BCUT2D eigenvalue weighted by Gasteiger charge is -2.47. The van der Waals surface area contributed by atoms with Crippen LogP contribution in [0.4, 0.5) is 0 Å². The fraction of sp³-hybridized carbons (Fsp3) is 0.484. The Bertz CT molecular complexity index is 1260. The van der Waals surface area contributed by atoms with Gasteiger partial charge < -0.3 is 46.5 Å². The summed E-state index contributed by atoms with van der Waals surface area (Å²) in [7, 11) is 1.06. The average molecular weight is 615 g/mol. The number of hydrogen-bond donors (Lipinski definition) is 7. The van der Waals surface area contributed by atoms with Gasteiger partial charge in [0.2, 0.25) is 17.5 Å². The molecule has 1 aliphatic rings. The molecule has 13 heteroatoms. The normalized spacial score (nSPS) is 22.7. The monoisotopic (exact) mass is 614 g/mol. The van der Waals surface area contributed by atoms with Gasteiger partial charge in [-0.3, -0.25) is 14.4 Å². The number of benzene rings is 2. The molecule has 0 spiro atoms. The Labute approximate surface area is 256 Å². The van der Waals surface area contributed by atoms with Crippen molar-refractivity contribution in [1.29, 1.82) is 0 Å². The number of unbranched alkanes of at least 4 members (excludes halogenated alkanes) is 2. The van der Waals surface area contributed by atoms with Crippen LogP contribution in [0, 0.1) is 0 Å². The first kappa shape index (κ1) is 34.6. The molecule has 1 saturated heterocycles. The van der Waals surface area contributed by atoms with E-state index in [0.29, 0.717) is 31.4 Å². The molecule has 2 aromatic carbocycles. The first-order chi connectivity index (χ1) is 21.0. The van der Waals surface area contributed by atoms with Crippen LogP contribution < -0.4 is 21.7 Å². The van der Waals surface area contributed by atoms with Gasteiger partial charge in [0.1, 0.15) is 12.2 Å². The number of methoxy groups -OCH3 is 1. The summed E-state index contributed by atoms with van der Waals surface area (Å²) in [5.41, 5.74) is 5.47. The largest absolute Gasteiger partial charge is 0.465 e. The fourth-order valence-electron chi connectivity index (χ4n) is 5.10. The lowest BCUT2D eigenvalue weighted by atomic mass is 9.87. The van der Waals surface area contributed by atoms with E-state index >= 15 is 0 Å². The van der Waals surface area contributed by atoms with Crippen LogP contribution in [0.2, 0.25) is 0 Å². The maximum Gasteiger partial charge on any atom is 0.359 e. The zero-order valence-electron chi connectivity index (χ0n) is 24.9. The number of aliphatic hydroxyl groups is 3. The lowest BCUT2D eigenvalue weighted by Crippen LogP contribution is -2.71. The van der Waals surface area contributed by atoms with Crippen molar-refractivity contribution in [2.45, 2.75) is 75.2 Å². The molecule has 8 N–H and O–H groups in total. The van der Waals surface area contributed by atoms with Crippen molar-refractivity contribution in [2.75, 3.05) is 20.2 Å². The molecule has 0 radical (unpaired) electrons. The Morgan fingerprint density at radius 1 is 1.02 bits per heavy atom. The number of ether oxygens (including phenoxy) is 2. The van der Waals surface area contributed by atoms with Crippen LogP contribution >= 0.6 is 0 Å². The SMILES string of the molecule is COC(=O)C1(NC(=O)CCCCCN)CC(O)C(NC(C)=O)C([C@@H](O)[C@H](O)CNC(=O)c2ccc(-c3ccccc3)cc2)O1. The summed E-state index contributed by atoms with van der Waals surface area (Å²) in [5, 5.41) is 40.5. The van der Waals surface area contributed by atoms with Crippen molar-refractivity contribution >= 4 is 23.7 Å². The topological polar surface area (TPSA) is 210 Å². The van der Waals surface area contributed by atoms with Crippen molar-refractivity contribution in [1.82, 2.24) is 16.0 Å². The highest BCUT2D eigenvalue weighted by molar-refractivity contribution is 5.94. The minimum absolute atomic E-state index is 0.0293. The Balaban J connectivity index is 1.73. The molecule has 1 heterocycles. The van der Waals surface area contributed by atoms with E-state index in [1.807, 2.05) is 30.3 Å². The van der Waals surface area contributed by atoms with Crippen molar-refractivity contribution in [2.24, 2.45) is 5.73 Å². The molecule has 3 rings (SSSR count). The zero-order chi connectivity index (χ0) is 32.3. The zero-order valence-corrected chi connectivity index (χ0v) is 24.9. The van der Waals surface area contributed by atoms with E-state index in [9.17, 15) is 34.5 Å². The van der Waals surface area contributed by atoms with E-state index in [2.05, 4.69) is 16.0 Å². The number of carbonyl (C=O) groups is 4. The second-order valence-electron chi connectivity index (χ2n) is 10.8. The van der Waals surface area contributed by atoms with E-state index in [1.165, 1.54) is 6.92 Å². The molecular weight excluding hydrogens is 572 g/mol. The second-order valence-corrected chi connectivity index (χ2v) is 10.8. The number of carbonyl (C=O) groups excluding carboxylic acids is 4. The van der Waals surface area contributed by atoms with Gasteiger partial charge >= 0.3 is 5.97 Å². The van der Waals surface area contributed by atoms with Gasteiger partial charge in [-0.1, -0.05) is 48.9 Å². The number of rotatable bonds is 14. The first-order valence-corrected chi connectivity index (χ1v) is 14.5. The third-order valence-electron chi connectivity index (χ3n) is 7.39. The Morgan fingerprint density at radius 3 is 2.30 bits per heavy atom. The lowest BCUT2D eigenvalue weighted by molar-refractivity contribution is -0.237. The van der Waals surface area contributed by atoms with Gasteiger partial charge in [0.15, 0.2) is 0 Å². The summed E-state index contributed by atoms with van der Waals surface area (Å²) in [6, 6.07) is 15.1. The number of nitrogens with one attached hydrogen (secondary N) is 3. The highest BCUT2D eigenvalue weighted by Crippen LogP contribution is 2.32. The molecule has 0 bridgehead atoms. The molecule has 1 fully saturated rings. The minimum Gasteiger partial charge on any atom is -0.465 e. The first-order valence-electron chi connectivity index (χ1n) is 14.5. The van der Waals surface area contributed by atoms with Crippen LogP contribution in [0.1, 0.15) is 49.4 Å². The number of amides is 3. The molecule has 44 heavy (non-hydrogen) atoms. The molecule has 0 aliphatic carbocycles. The van der Waals surface area contributed by atoms with E-state index in [0.717, 1.165) is 18.2 Å². The third kappa shape index (κ3) is 9.07. The van der Waals surface area contributed by atoms with E-state index in [4.69, 9.17) is 15.2 Å². The molecular formula is C31H42N4O9. The van der Waals surface area contributed by atoms with Crippen LogP contribution in [0.3, 0.4) is 0 Å². The standard InChI is InChI=1S/C31H42N4O9/c1-19(36)34-26-23(37)17-31(30(42)43-2,35-25(39)11-7-4-8-16-32)44-28(26)27(40)24(38)18-33-29(41)22-14-12-21(13-15-22)20-9-5-3-6-10-20/h3,5-6,9-10,12-15,23-24,26-28,37-38,40H,4,7-8,11,16-18,32H2,1-2H3,(H,33,41)(H,34,36)(H,35,39)/t23?,24-,26?,27+,28?,31?/m1/s1. The van der Waals surface area contributed by atoms with E-state index in [1.54, 1.807) is 24.3 Å². The van der Waals surface area contributed by atoms with Gasteiger partial charge in [0, 0.05) is 31.9 Å². The summed E-state index contributed by atoms with van der Waals surface area (Å²) < 4.78 is 10.8. The van der Waals surface area contributed by atoms with Gasteiger partial charge in [-0.2, -0.15) is 0 Å². The van der Waals surface area contributed by atoms with Crippen LogP contribution in [-0.4, -0.2) is 95.4 Å². The predicted octanol–water partition coefficient (Wildman–Crippen LogP) is -0.0357. The molecule has 2 aromatic rings. The Kier molecular flexibility index (Phi) is 12.8. The molecule has 0 aromatic heterocycles. The summed E-state index contributed by atoms with van der Waals surface area (Å²) >= 11 is 0. The van der Waals surface area contributed by atoms with Crippen LogP contribution in [-0.2, 0) is 23.9 Å². The summed E-state index contributed by atoms with van der Waals surface area (Å²) in [6.45, 7) is 1.21. The maximum atomic E-state index is 12.9. The number of nitrogens with two attached hydrogens (primary N) is 1. The van der Waals surface area contributed by atoms with E-state index in [-0.39, 0.29) is 6.42 Å². The Morgan fingerprint density at radius 2 is 1.68 bits per heavy atom. The van der Waals surface area contributed by atoms with Gasteiger partial charge in [-0.15, -0.1) is 0 Å². The summed E-state index contributed by atoms with van der Waals surface area (Å²) in [6.07, 6.45) is -5.22. The molecule has 13 nitrogen and oxygen atoms in total. The summed E-state index contributed by atoms with van der Waals surface area (Å²) in [5.74, 6) is -2.72. The number of esters is 1. The predicted molar refractivity (Wildman–Crippen MR) is 160 cm³/mol. The number of hydrogen-bond acceptors (Lipinski definition) is 10. The maximum absolute atomic E-state index is 12.9. The van der Waals surface area contributed by atoms with Crippen molar-refractivity contribution < 1.29 is 44.0 Å². The van der Waals surface area contributed by atoms with Crippen LogP contribution in [0.5, 0.6) is 0 Å². The average Bonchev–Trinajstić information content (AvgIpc) is 3.02. The van der Waals surface area contributed by atoms with Crippen LogP contribution in [0.25, 0.3) is 11.1 Å². The number of aliphatic hydroxyl groups excluding tert-OH is 3. The Hall–Kier alpha value is -3.88. The third-order valence-corrected chi connectivity index (χ3v) is 7.39. The highest BCUT2D eigenvalue weighted by Gasteiger charge is 2.56. The quantitative estimate of drug-likeness (QED) is 0.112. The van der Waals surface area contributed by atoms with Gasteiger partial charge in [-0.05, 0) is 42.6 Å². The van der Waals surface area contributed by atoms with Gasteiger partial charge in [0.25, 0.3) is 5.91 Å². The van der Waals surface area contributed by atoms with Crippen molar-refractivity contribution in [3.8, 4) is 11.1 Å². The minimum atomic E-state index is -2.22. The molecule has 4 unspecified atom stereocenters.